The summed E-state index contributed by atoms with van der Waals surface area (Å²) in [5.74, 6) is 0. The van der Waals surface area contributed by atoms with E-state index in [4.69, 9.17) is 0 Å². The van der Waals surface area contributed by atoms with Crippen LogP contribution in [-0.4, -0.2) is 0 Å². The van der Waals surface area contributed by atoms with Crippen molar-refractivity contribution in [3.05, 3.63) is 34.5 Å². The van der Waals surface area contributed by atoms with Crippen molar-refractivity contribution in [2.24, 2.45) is 0 Å². The Kier molecular flexibility index (Phi) is 3.87. The van der Waals surface area contributed by atoms with Gasteiger partial charge < -0.3 is 0 Å². The number of allylic oxidation sites excluding steroid dienone is 4. The van der Waals surface area contributed by atoms with Gasteiger partial charge >= 0.3 is 0 Å². The van der Waals surface area contributed by atoms with E-state index in [0.717, 1.165) is 3.58 Å². The molecule has 0 radical (unpaired) electrons. The van der Waals surface area contributed by atoms with Gasteiger partial charge in [-0.1, -0.05) is 25.3 Å². The van der Waals surface area contributed by atoms with Crippen molar-refractivity contribution in [3.63, 3.8) is 0 Å². The van der Waals surface area contributed by atoms with E-state index in [2.05, 4.69) is 35.7 Å². The molecule has 0 heterocycles. The van der Waals surface area contributed by atoms with Gasteiger partial charge in [-0.25, -0.2) is 0 Å². The van der Waals surface area contributed by atoms with Gasteiger partial charge in [0.25, 0.3) is 0 Å². The molecule has 0 aromatic heterocycles. The van der Waals surface area contributed by atoms with Gasteiger partial charge in [0.2, 0.25) is 0 Å². The Morgan fingerprint density at radius 1 is 1.38 bits per heavy atom. The average Bonchev–Trinajstić information content (AvgIpc) is 1.84. The smallest absolute Gasteiger partial charge is 0.0153 e. The molecule has 0 aliphatic rings. The summed E-state index contributed by atoms with van der Waals surface area (Å²) in [5.41, 5.74) is 1.18. The molecule has 44 valence electrons. The standard InChI is InChI=1S/C7H9I/c1-4-6(3)7(8)5-2/h4-5H,1-2H2,3H3/b7-6+. The highest BCUT2D eigenvalue weighted by Crippen LogP contribution is 2.12. The zero-order valence-corrected chi connectivity index (χ0v) is 7.10. The van der Waals surface area contributed by atoms with Crippen molar-refractivity contribution < 1.29 is 0 Å². The third-order valence-electron chi connectivity index (χ3n) is 0.862. The van der Waals surface area contributed by atoms with Crippen molar-refractivity contribution >= 4 is 22.6 Å². The molecule has 1 heteroatoms. The van der Waals surface area contributed by atoms with Gasteiger partial charge in [0.15, 0.2) is 0 Å². The molecular weight excluding hydrogens is 211 g/mol. The Labute approximate surface area is 64.1 Å². The summed E-state index contributed by atoms with van der Waals surface area (Å²) < 4.78 is 1.16. The fourth-order valence-electron chi connectivity index (χ4n) is 0.258. The van der Waals surface area contributed by atoms with Gasteiger partial charge in [-0.05, 0) is 35.1 Å². The van der Waals surface area contributed by atoms with Gasteiger partial charge in [0.05, 0.1) is 0 Å². The van der Waals surface area contributed by atoms with E-state index in [-0.39, 0.29) is 0 Å². The lowest BCUT2D eigenvalue weighted by Gasteiger charge is -1.90. The first-order valence-corrected chi connectivity index (χ1v) is 3.41. The maximum atomic E-state index is 3.62. The Morgan fingerprint density at radius 2 is 1.88 bits per heavy atom. The molecule has 0 atom stereocenters. The van der Waals surface area contributed by atoms with Crippen LogP contribution in [0.15, 0.2) is 34.5 Å². The van der Waals surface area contributed by atoms with Crippen LogP contribution < -0.4 is 0 Å². The summed E-state index contributed by atoms with van der Waals surface area (Å²) in [7, 11) is 0. The van der Waals surface area contributed by atoms with Crippen LogP contribution in [0.5, 0.6) is 0 Å². The van der Waals surface area contributed by atoms with Gasteiger partial charge in [-0.3, -0.25) is 0 Å². The molecule has 0 N–H and O–H groups in total. The summed E-state index contributed by atoms with van der Waals surface area (Å²) in [6.07, 6.45) is 3.64. The predicted molar refractivity (Wildman–Crippen MR) is 47.1 cm³/mol. The molecular formula is C7H9I. The van der Waals surface area contributed by atoms with Gasteiger partial charge in [0, 0.05) is 3.58 Å². The predicted octanol–water partition coefficient (Wildman–Crippen LogP) is 3.07. The van der Waals surface area contributed by atoms with Crippen LogP contribution in [0.1, 0.15) is 6.92 Å². The van der Waals surface area contributed by atoms with Crippen molar-refractivity contribution in [2.45, 2.75) is 6.92 Å². The highest BCUT2D eigenvalue weighted by Gasteiger charge is 1.84. The van der Waals surface area contributed by atoms with Crippen LogP contribution in [0, 0.1) is 0 Å². The highest BCUT2D eigenvalue weighted by molar-refractivity contribution is 14.1. The van der Waals surface area contributed by atoms with E-state index in [9.17, 15) is 0 Å². The molecule has 0 amide bonds. The number of hydrogen-bond donors (Lipinski definition) is 0. The quantitative estimate of drug-likeness (QED) is 0.495. The Balaban J connectivity index is 4.25. The number of hydrogen-bond acceptors (Lipinski definition) is 0. The molecule has 0 saturated carbocycles. The van der Waals surface area contributed by atoms with Gasteiger partial charge in [0.1, 0.15) is 0 Å². The number of halogens is 1. The van der Waals surface area contributed by atoms with Gasteiger partial charge in [-0.2, -0.15) is 0 Å². The Hall–Kier alpha value is -0.0500. The molecule has 0 rings (SSSR count). The average molecular weight is 220 g/mol. The normalized spacial score (nSPS) is 12.2. The third kappa shape index (κ3) is 2.31. The maximum absolute atomic E-state index is 3.62. The minimum atomic E-state index is 1.16. The topological polar surface area (TPSA) is 0 Å². The Bertz CT molecular complexity index is 115. The SMILES string of the molecule is C=C/C(C)=C(/I)C=C. The molecule has 0 aliphatic carbocycles. The molecule has 0 aromatic carbocycles. The summed E-state index contributed by atoms with van der Waals surface area (Å²) in [4.78, 5) is 0. The van der Waals surface area contributed by atoms with E-state index in [1.165, 1.54) is 5.57 Å². The van der Waals surface area contributed by atoms with E-state index < -0.39 is 0 Å². The monoisotopic (exact) mass is 220 g/mol. The lowest BCUT2D eigenvalue weighted by molar-refractivity contribution is 1.53. The molecule has 0 aliphatic heterocycles. The second-order valence-electron chi connectivity index (χ2n) is 1.44. The lowest BCUT2D eigenvalue weighted by atomic mass is 10.3. The second kappa shape index (κ2) is 3.89. The minimum absolute atomic E-state index is 1.16. The summed E-state index contributed by atoms with van der Waals surface area (Å²) in [5, 5.41) is 0. The van der Waals surface area contributed by atoms with E-state index in [1.54, 1.807) is 0 Å². The molecule has 0 fully saturated rings. The van der Waals surface area contributed by atoms with Crippen LogP contribution in [0.3, 0.4) is 0 Å². The van der Waals surface area contributed by atoms with Crippen LogP contribution in [0.2, 0.25) is 0 Å². The highest BCUT2D eigenvalue weighted by atomic mass is 127. The molecule has 0 spiro atoms. The first-order chi connectivity index (χ1) is 3.72. The van der Waals surface area contributed by atoms with Gasteiger partial charge in [-0.15, -0.1) is 0 Å². The fraction of sp³-hybridized carbons (Fsp3) is 0.143. The van der Waals surface area contributed by atoms with Crippen LogP contribution in [0.4, 0.5) is 0 Å². The van der Waals surface area contributed by atoms with E-state index >= 15 is 0 Å². The third-order valence-corrected chi connectivity index (χ3v) is 2.15. The summed E-state index contributed by atoms with van der Waals surface area (Å²) in [6, 6.07) is 0. The summed E-state index contributed by atoms with van der Waals surface area (Å²) >= 11 is 2.22. The van der Waals surface area contributed by atoms with Crippen molar-refractivity contribution in [2.75, 3.05) is 0 Å². The first kappa shape index (κ1) is 7.95. The molecule has 8 heavy (non-hydrogen) atoms. The van der Waals surface area contributed by atoms with Crippen molar-refractivity contribution in [1.29, 1.82) is 0 Å². The largest absolute Gasteiger partial charge is 0.0988 e. The van der Waals surface area contributed by atoms with Crippen molar-refractivity contribution in [3.8, 4) is 0 Å². The van der Waals surface area contributed by atoms with Crippen LogP contribution in [-0.2, 0) is 0 Å². The van der Waals surface area contributed by atoms with Crippen molar-refractivity contribution in [1.82, 2.24) is 0 Å². The minimum Gasteiger partial charge on any atom is -0.0988 e. The molecule has 0 nitrogen and oxygen atoms in total. The second-order valence-corrected chi connectivity index (χ2v) is 2.60. The zero-order chi connectivity index (χ0) is 6.57. The molecule has 0 bridgehead atoms. The lowest BCUT2D eigenvalue weighted by Crippen LogP contribution is -1.67. The molecule has 0 aromatic rings. The zero-order valence-electron chi connectivity index (χ0n) is 4.95. The molecule has 0 saturated heterocycles. The molecule has 0 unspecified atom stereocenters. The number of rotatable bonds is 2. The van der Waals surface area contributed by atoms with E-state index in [1.807, 2.05) is 19.1 Å². The first-order valence-electron chi connectivity index (χ1n) is 2.33. The fourth-order valence-corrected chi connectivity index (χ4v) is 0.479. The Morgan fingerprint density at radius 3 is 2.00 bits per heavy atom. The summed E-state index contributed by atoms with van der Waals surface area (Å²) in [6.45, 7) is 9.25. The maximum Gasteiger partial charge on any atom is 0.0153 e. The van der Waals surface area contributed by atoms with E-state index in [0.29, 0.717) is 0 Å². The van der Waals surface area contributed by atoms with Crippen LogP contribution in [0.25, 0.3) is 0 Å². The van der Waals surface area contributed by atoms with Crippen LogP contribution >= 0.6 is 22.6 Å².